The van der Waals surface area contributed by atoms with Gasteiger partial charge < -0.3 is 15.5 Å². The Labute approximate surface area is 96.7 Å². The Morgan fingerprint density at radius 2 is 2.19 bits per heavy atom. The zero-order valence-corrected chi connectivity index (χ0v) is 9.58. The number of carboxylic acids is 1. The van der Waals surface area contributed by atoms with E-state index in [9.17, 15) is 9.59 Å². The van der Waals surface area contributed by atoms with E-state index in [1.54, 1.807) is 12.3 Å². The molecule has 0 fully saturated rings. The molecule has 1 amide bonds. The molecular formula is C10H13NO4S. The molecule has 0 spiro atoms. The third-order valence-corrected chi connectivity index (χ3v) is 2.98. The van der Waals surface area contributed by atoms with Gasteiger partial charge in [-0.2, -0.15) is 11.3 Å². The van der Waals surface area contributed by atoms with Gasteiger partial charge in [0.1, 0.15) is 6.04 Å². The van der Waals surface area contributed by atoms with Crippen LogP contribution in [0.5, 0.6) is 0 Å². The van der Waals surface area contributed by atoms with E-state index >= 15 is 0 Å². The van der Waals surface area contributed by atoms with Crippen molar-refractivity contribution in [3.8, 4) is 0 Å². The minimum absolute atomic E-state index is 0.00422. The molecule has 0 saturated heterocycles. The van der Waals surface area contributed by atoms with Crippen LogP contribution >= 0.6 is 11.3 Å². The second-order valence-corrected chi connectivity index (χ2v) is 4.09. The SMILES string of the molecule is Cc1cscc1C(=O)NC(CCO)C(=O)O. The van der Waals surface area contributed by atoms with Crippen LogP contribution in [0, 0.1) is 6.92 Å². The second-order valence-electron chi connectivity index (χ2n) is 3.35. The third kappa shape index (κ3) is 3.04. The molecule has 1 rings (SSSR count). The number of aryl methyl sites for hydroxylation is 1. The van der Waals surface area contributed by atoms with Gasteiger partial charge in [0, 0.05) is 18.4 Å². The molecule has 0 radical (unpaired) electrons. The standard InChI is InChI=1S/C10H13NO4S/c1-6-4-16-5-7(6)9(13)11-8(2-3-12)10(14)15/h4-5,8,12H,2-3H2,1H3,(H,11,13)(H,14,15). The molecule has 0 saturated carbocycles. The summed E-state index contributed by atoms with van der Waals surface area (Å²) < 4.78 is 0. The summed E-state index contributed by atoms with van der Waals surface area (Å²) >= 11 is 1.39. The number of nitrogens with one attached hydrogen (secondary N) is 1. The van der Waals surface area contributed by atoms with Crippen LogP contribution in [0.2, 0.25) is 0 Å². The van der Waals surface area contributed by atoms with Gasteiger partial charge in [0.2, 0.25) is 0 Å². The smallest absolute Gasteiger partial charge is 0.326 e. The number of carboxylic acid groups (broad SMARTS) is 1. The first-order valence-corrected chi connectivity index (χ1v) is 5.68. The van der Waals surface area contributed by atoms with Crippen LogP contribution in [0.25, 0.3) is 0 Å². The molecule has 3 N–H and O–H groups in total. The minimum atomic E-state index is -1.14. The van der Waals surface area contributed by atoms with Crippen LogP contribution < -0.4 is 5.32 Å². The van der Waals surface area contributed by atoms with Crippen molar-refractivity contribution in [3.63, 3.8) is 0 Å². The maximum atomic E-state index is 11.7. The molecule has 0 aliphatic carbocycles. The molecule has 5 nitrogen and oxygen atoms in total. The second kappa shape index (κ2) is 5.62. The summed E-state index contributed by atoms with van der Waals surface area (Å²) in [6.07, 6.45) is 0.00422. The zero-order valence-electron chi connectivity index (χ0n) is 8.77. The fourth-order valence-corrected chi connectivity index (χ4v) is 2.04. The Hall–Kier alpha value is -1.40. The Morgan fingerprint density at radius 1 is 1.50 bits per heavy atom. The molecule has 88 valence electrons. The van der Waals surface area contributed by atoms with Crippen LogP contribution in [0.3, 0.4) is 0 Å². The van der Waals surface area contributed by atoms with Crippen molar-refractivity contribution in [2.45, 2.75) is 19.4 Å². The van der Waals surface area contributed by atoms with E-state index in [1.165, 1.54) is 11.3 Å². The Kier molecular flexibility index (Phi) is 4.45. The van der Waals surface area contributed by atoms with Crippen molar-refractivity contribution >= 4 is 23.2 Å². The maximum absolute atomic E-state index is 11.7. The highest BCUT2D eigenvalue weighted by Gasteiger charge is 2.20. The molecular weight excluding hydrogens is 230 g/mol. The number of aliphatic carboxylic acids is 1. The molecule has 1 heterocycles. The van der Waals surface area contributed by atoms with Crippen molar-refractivity contribution in [1.82, 2.24) is 5.32 Å². The van der Waals surface area contributed by atoms with Crippen molar-refractivity contribution in [2.75, 3.05) is 6.61 Å². The lowest BCUT2D eigenvalue weighted by atomic mass is 10.1. The van der Waals surface area contributed by atoms with Gasteiger partial charge >= 0.3 is 5.97 Å². The van der Waals surface area contributed by atoms with Gasteiger partial charge in [-0.1, -0.05) is 0 Å². The summed E-state index contributed by atoms with van der Waals surface area (Å²) in [6.45, 7) is 1.51. The summed E-state index contributed by atoms with van der Waals surface area (Å²) in [5.41, 5.74) is 1.30. The first-order valence-electron chi connectivity index (χ1n) is 4.73. The van der Waals surface area contributed by atoms with E-state index in [4.69, 9.17) is 10.2 Å². The predicted octanol–water partition coefficient (Wildman–Crippen LogP) is 0.622. The average molecular weight is 243 g/mol. The number of hydrogen-bond donors (Lipinski definition) is 3. The summed E-state index contributed by atoms with van der Waals surface area (Å²) in [5.74, 6) is -1.56. The molecule has 1 unspecified atom stereocenters. The normalized spacial score (nSPS) is 12.1. The summed E-state index contributed by atoms with van der Waals surface area (Å²) in [7, 11) is 0. The minimum Gasteiger partial charge on any atom is -0.480 e. The first-order chi connectivity index (χ1) is 7.56. The van der Waals surface area contributed by atoms with Gasteiger partial charge in [0.05, 0.1) is 5.56 Å². The Balaban J connectivity index is 2.69. The van der Waals surface area contributed by atoms with Crippen molar-refractivity contribution in [2.24, 2.45) is 0 Å². The van der Waals surface area contributed by atoms with Gasteiger partial charge in [-0.25, -0.2) is 4.79 Å². The quantitative estimate of drug-likeness (QED) is 0.707. The van der Waals surface area contributed by atoms with Crippen LogP contribution in [0.15, 0.2) is 10.8 Å². The van der Waals surface area contributed by atoms with Gasteiger partial charge in [-0.05, 0) is 17.9 Å². The predicted molar refractivity (Wildman–Crippen MR) is 59.6 cm³/mol. The van der Waals surface area contributed by atoms with Gasteiger partial charge in [0.15, 0.2) is 0 Å². The molecule has 0 aliphatic heterocycles. The number of aliphatic hydroxyl groups excluding tert-OH is 1. The molecule has 1 aromatic heterocycles. The summed E-state index contributed by atoms with van der Waals surface area (Å²) in [4.78, 5) is 22.4. The Bertz CT molecular complexity index is 388. The fraction of sp³-hybridized carbons (Fsp3) is 0.400. The van der Waals surface area contributed by atoms with E-state index in [2.05, 4.69) is 5.32 Å². The maximum Gasteiger partial charge on any atom is 0.326 e. The molecule has 1 aromatic rings. The fourth-order valence-electron chi connectivity index (χ4n) is 1.22. The van der Waals surface area contributed by atoms with Crippen LogP contribution in [-0.2, 0) is 4.79 Å². The summed E-state index contributed by atoms with van der Waals surface area (Å²) in [5, 5.41) is 23.3. The number of rotatable bonds is 5. The summed E-state index contributed by atoms with van der Waals surface area (Å²) in [6, 6.07) is -1.04. The number of aliphatic hydroxyl groups is 1. The number of hydrogen-bond acceptors (Lipinski definition) is 4. The third-order valence-electron chi connectivity index (χ3n) is 2.12. The lowest BCUT2D eigenvalue weighted by Crippen LogP contribution is -2.41. The van der Waals surface area contributed by atoms with Crippen molar-refractivity contribution < 1.29 is 19.8 Å². The highest BCUT2D eigenvalue weighted by molar-refractivity contribution is 7.08. The molecule has 1 atom stereocenters. The van der Waals surface area contributed by atoms with Crippen molar-refractivity contribution in [1.29, 1.82) is 0 Å². The molecule has 6 heteroatoms. The molecule has 16 heavy (non-hydrogen) atoms. The number of amides is 1. The lowest BCUT2D eigenvalue weighted by molar-refractivity contribution is -0.139. The van der Waals surface area contributed by atoms with E-state index < -0.39 is 17.9 Å². The first kappa shape index (κ1) is 12.7. The molecule has 0 aliphatic rings. The highest BCUT2D eigenvalue weighted by atomic mass is 32.1. The van der Waals surface area contributed by atoms with Crippen LogP contribution in [0.1, 0.15) is 22.3 Å². The average Bonchev–Trinajstić information content (AvgIpc) is 2.63. The zero-order chi connectivity index (χ0) is 12.1. The number of carbonyl (C=O) groups is 2. The van der Waals surface area contributed by atoms with Gasteiger partial charge in [0.25, 0.3) is 5.91 Å². The van der Waals surface area contributed by atoms with Crippen LogP contribution in [0.4, 0.5) is 0 Å². The monoisotopic (exact) mass is 243 g/mol. The van der Waals surface area contributed by atoms with E-state index in [0.717, 1.165) is 5.56 Å². The van der Waals surface area contributed by atoms with E-state index in [0.29, 0.717) is 5.56 Å². The van der Waals surface area contributed by atoms with E-state index in [-0.39, 0.29) is 13.0 Å². The highest BCUT2D eigenvalue weighted by Crippen LogP contribution is 2.13. The van der Waals surface area contributed by atoms with Crippen molar-refractivity contribution in [3.05, 3.63) is 21.9 Å². The number of carbonyl (C=O) groups excluding carboxylic acids is 1. The van der Waals surface area contributed by atoms with Gasteiger partial charge in [-0.3, -0.25) is 4.79 Å². The van der Waals surface area contributed by atoms with E-state index in [1.807, 2.05) is 5.38 Å². The lowest BCUT2D eigenvalue weighted by Gasteiger charge is -2.12. The Morgan fingerprint density at radius 3 is 2.62 bits per heavy atom. The number of thiophene rings is 1. The van der Waals surface area contributed by atoms with Crippen LogP contribution in [-0.4, -0.2) is 34.7 Å². The molecule has 0 aromatic carbocycles. The largest absolute Gasteiger partial charge is 0.480 e. The van der Waals surface area contributed by atoms with Gasteiger partial charge in [-0.15, -0.1) is 0 Å². The topological polar surface area (TPSA) is 86.6 Å². The molecule has 0 bridgehead atoms.